The van der Waals surface area contributed by atoms with Gasteiger partial charge < -0.3 is 5.32 Å². The van der Waals surface area contributed by atoms with Gasteiger partial charge in [0.1, 0.15) is 0 Å². The second kappa shape index (κ2) is 5.66. The first kappa shape index (κ1) is 13.2. The van der Waals surface area contributed by atoms with E-state index in [1.807, 2.05) is 0 Å². The molecule has 3 rings (SSSR count). The summed E-state index contributed by atoms with van der Waals surface area (Å²) < 4.78 is 0. The fourth-order valence-electron chi connectivity index (χ4n) is 3.71. The van der Waals surface area contributed by atoms with Gasteiger partial charge in [0.15, 0.2) is 0 Å². The lowest BCUT2D eigenvalue weighted by Crippen LogP contribution is -2.33. The Hall–Kier alpha value is -0.830. The summed E-state index contributed by atoms with van der Waals surface area (Å²) in [5, 5.41) is 3.99. The molecule has 0 spiro atoms. The molecule has 3 heteroatoms. The second-order valence-electron chi connectivity index (χ2n) is 5.95. The first-order chi connectivity index (χ1) is 9.26. The summed E-state index contributed by atoms with van der Waals surface area (Å²) in [7, 11) is 0. The number of hydrogen-bond donors (Lipinski definition) is 1. The van der Waals surface area contributed by atoms with Crippen LogP contribution in [-0.4, -0.2) is 5.91 Å². The lowest BCUT2D eigenvalue weighted by atomic mass is 9.88. The third-order valence-electron chi connectivity index (χ3n) is 4.69. The standard InChI is InChI=1S/C16H20BrNO/c17-9-12-2-1-3-13(6-12)10-18-16(19)15-8-11-4-5-14(15)7-11/h1-3,6,11,14-15H,4-5,7-10H2,(H,18,19). The normalized spacial score (nSPS) is 28.6. The molecule has 1 amide bonds. The smallest absolute Gasteiger partial charge is 0.223 e. The monoisotopic (exact) mass is 321 g/mol. The molecule has 19 heavy (non-hydrogen) atoms. The van der Waals surface area contributed by atoms with Crippen molar-refractivity contribution >= 4 is 21.8 Å². The molecule has 2 aliphatic carbocycles. The Kier molecular flexibility index (Phi) is 3.92. The van der Waals surface area contributed by atoms with Crippen LogP contribution in [0.1, 0.15) is 36.8 Å². The van der Waals surface area contributed by atoms with Gasteiger partial charge in [-0.2, -0.15) is 0 Å². The molecule has 2 nitrogen and oxygen atoms in total. The largest absolute Gasteiger partial charge is 0.352 e. The van der Waals surface area contributed by atoms with E-state index in [1.165, 1.54) is 30.4 Å². The fraction of sp³-hybridized carbons (Fsp3) is 0.562. The maximum atomic E-state index is 12.2. The van der Waals surface area contributed by atoms with Gasteiger partial charge in [0.25, 0.3) is 0 Å². The van der Waals surface area contributed by atoms with Gasteiger partial charge in [0, 0.05) is 17.8 Å². The topological polar surface area (TPSA) is 29.1 Å². The average molecular weight is 322 g/mol. The third kappa shape index (κ3) is 2.86. The number of carbonyl (C=O) groups is 1. The van der Waals surface area contributed by atoms with Crippen LogP contribution >= 0.6 is 15.9 Å². The minimum Gasteiger partial charge on any atom is -0.352 e. The zero-order valence-electron chi connectivity index (χ0n) is 11.1. The van der Waals surface area contributed by atoms with E-state index in [1.54, 1.807) is 0 Å². The van der Waals surface area contributed by atoms with Gasteiger partial charge in [-0.3, -0.25) is 4.79 Å². The van der Waals surface area contributed by atoms with Crippen molar-refractivity contribution in [2.75, 3.05) is 0 Å². The first-order valence-electron chi connectivity index (χ1n) is 7.17. The zero-order chi connectivity index (χ0) is 13.2. The van der Waals surface area contributed by atoms with Gasteiger partial charge in [0.2, 0.25) is 5.91 Å². The number of amides is 1. The molecule has 1 aromatic carbocycles. The third-order valence-corrected chi connectivity index (χ3v) is 5.33. The van der Waals surface area contributed by atoms with E-state index < -0.39 is 0 Å². The first-order valence-corrected chi connectivity index (χ1v) is 8.30. The van der Waals surface area contributed by atoms with E-state index >= 15 is 0 Å². The molecule has 0 saturated heterocycles. The summed E-state index contributed by atoms with van der Waals surface area (Å²) in [4.78, 5) is 12.2. The Bertz CT molecular complexity index is 474. The van der Waals surface area contributed by atoms with E-state index in [0.29, 0.717) is 12.5 Å². The van der Waals surface area contributed by atoms with Gasteiger partial charge >= 0.3 is 0 Å². The van der Waals surface area contributed by atoms with Crippen LogP contribution in [0, 0.1) is 17.8 Å². The fourth-order valence-corrected chi connectivity index (χ4v) is 4.06. The van der Waals surface area contributed by atoms with Crippen molar-refractivity contribution in [3.05, 3.63) is 35.4 Å². The van der Waals surface area contributed by atoms with Gasteiger partial charge in [-0.1, -0.05) is 46.6 Å². The van der Waals surface area contributed by atoms with Crippen LogP contribution < -0.4 is 5.32 Å². The van der Waals surface area contributed by atoms with Crippen LogP contribution in [0.15, 0.2) is 24.3 Å². The molecule has 0 aromatic heterocycles. The number of hydrogen-bond acceptors (Lipinski definition) is 1. The lowest BCUT2D eigenvalue weighted by molar-refractivity contribution is -0.126. The van der Waals surface area contributed by atoms with Gasteiger partial charge in [-0.15, -0.1) is 0 Å². The van der Waals surface area contributed by atoms with E-state index in [9.17, 15) is 4.79 Å². The molecule has 0 heterocycles. The van der Waals surface area contributed by atoms with Crippen molar-refractivity contribution < 1.29 is 4.79 Å². The maximum Gasteiger partial charge on any atom is 0.223 e. The van der Waals surface area contributed by atoms with Crippen LogP contribution in [0.25, 0.3) is 0 Å². The molecule has 3 atom stereocenters. The van der Waals surface area contributed by atoms with Crippen molar-refractivity contribution in [1.29, 1.82) is 0 Å². The second-order valence-corrected chi connectivity index (χ2v) is 6.51. The molecule has 2 aliphatic rings. The Labute approximate surface area is 123 Å². The Morgan fingerprint density at radius 1 is 1.26 bits per heavy atom. The number of halogens is 1. The number of benzene rings is 1. The van der Waals surface area contributed by atoms with E-state index in [4.69, 9.17) is 0 Å². The van der Waals surface area contributed by atoms with E-state index in [2.05, 4.69) is 45.5 Å². The summed E-state index contributed by atoms with van der Waals surface area (Å²) >= 11 is 3.46. The number of alkyl halides is 1. The molecule has 0 radical (unpaired) electrons. The molecular weight excluding hydrogens is 302 g/mol. The molecule has 2 fully saturated rings. The summed E-state index contributed by atoms with van der Waals surface area (Å²) in [6.45, 7) is 0.660. The number of fused-ring (bicyclic) bond motifs is 2. The summed E-state index contributed by atoms with van der Waals surface area (Å²) in [5.41, 5.74) is 2.44. The van der Waals surface area contributed by atoms with Crippen molar-refractivity contribution in [2.24, 2.45) is 17.8 Å². The predicted molar refractivity (Wildman–Crippen MR) is 79.9 cm³/mol. The highest BCUT2D eigenvalue weighted by Crippen LogP contribution is 2.48. The summed E-state index contributed by atoms with van der Waals surface area (Å²) in [6.07, 6.45) is 5.03. The van der Waals surface area contributed by atoms with Crippen LogP contribution in [0.2, 0.25) is 0 Å². The van der Waals surface area contributed by atoms with Gasteiger partial charge in [0.05, 0.1) is 0 Å². The van der Waals surface area contributed by atoms with Crippen LogP contribution in [0.3, 0.4) is 0 Å². The molecule has 102 valence electrons. The predicted octanol–water partition coefficient (Wildman–Crippen LogP) is 3.63. The van der Waals surface area contributed by atoms with Crippen molar-refractivity contribution in [1.82, 2.24) is 5.32 Å². The summed E-state index contributed by atoms with van der Waals surface area (Å²) in [5.74, 6) is 2.06. The molecule has 2 bridgehead atoms. The highest BCUT2D eigenvalue weighted by Gasteiger charge is 2.42. The molecule has 1 aromatic rings. The van der Waals surface area contributed by atoms with Crippen LogP contribution in [0.5, 0.6) is 0 Å². The molecular formula is C16H20BrNO. The van der Waals surface area contributed by atoms with Crippen LogP contribution in [-0.2, 0) is 16.7 Å². The maximum absolute atomic E-state index is 12.2. The highest BCUT2D eigenvalue weighted by molar-refractivity contribution is 9.08. The SMILES string of the molecule is O=C(NCc1cccc(CBr)c1)C1CC2CCC1C2. The highest BCUT2D eigenvalue weighted by atomic mass is 79.9. The minimum atomic E-state index is 0.274. The Morgan fingerprint density at radius 3 is 2.79 bits per heavy atom. The minimum absolute atomic E-state index is 0.274. The average Bonchev–Trinajstić information content (AvgIpc) is 3.07. The van der Waals surface area contributed by atoms with Crippen molar-refractivity contribution in [2.45, 2.75) is 37.6 Å². The zero-order valence-corrected chi connectivity index (χ0v) is 12.7. The molecule has 3 unspecified atom stereocenters. The van der Waals surface area contributed by atoms with Gasteiger partial charge in [-0.25, -0.2) is 0 Å². The van der Waals surface area contributed by atoms with E-state index in [0.717, 1.165) is 17.7 Å². The molecule has 1 N–H and O–H groups in total. The summed E-state index contributed by atoms with van der Waals surface area (Å²) in [6, 6.07) is 8.37. The van der Waals surface area contributed by atoms with E-state index in [-0.39, 0.29) is 11.8 Å². The van der Waals surface area contributed by atoms with Crippen molar-refractivity contribution in [3.8, 4) is 0 Å². The Morgan fingerprint density at radius 2 is 2.11 bits per heavy atom. The quantitative estimate of drug-likeness (QED) is 0.843. The van der Waals surface area contributed by atoms with Crippen LogP contribution in [0.4, 0.5) is 0 Å². The lowest BCUT2D eigenvalue weighted by Gasteiger charge is -2.20. The van der Waals surface area contributed by atoms with Gasteiger partial charge in [-0.05, 0) is 42.2 Å². The van der Waals surface area contributed by atoms with Crippen molar-refractivity contribution in [3.63, 3.8) is 0 Å². The number of rotatable bonds is 4. The Balaban J connectivity index is 1.55. The number of nitrogens with one attached hydrogen (secondary N) is 1. The number of carbonyl (C=O) groups excluding carboxylic acids is 1. The molecule has 0 aliphatic heterocycles. The molecule has 2 saturated carbocycles.